The van der Waals surface area contributed by atoms with Crippen LogP contribution < -0.4 is 10.1 Å². The number of amides is 1. The van der Waals surface area contributed by atoms with E-state index in [2.05, 4.69) is 10.5 Å². The molecule has 2 rings (SSSR count). The average molecular weight is 262 g/mol. The first-order chi connectivity index (χ1) is 9.20. The Kier molecular flexibility index (Phi) is 4.39. The summed E-state index contributed by atoms with van der Waals surface area (Å²) in [6.45, 7) is 2.44. The number of ether oxygens (including phenoxy) is 1. The minimum absolute atomic E-state index is 0.0466. The molecule has 0 aliphatic carbocycles. The summed E-state index contributed by atoms with van der Waals surface area (Å²) in [5.41, 5.74) is 1.36. The molecule has 1 aromatic rings. The number of benzene rings is 1. The van der Waals surface area contributed by atoms with E-state index in [-0.39, 0.29) is 5.91 Å². The lowest BCUT2D eigenvalue weighted by Gasteiger charge is -2.16. The largest absolute Gasteiger partial charge is 0.481 e. The van der Waals surface area contributed by atoms with E-state index < -0.39 is 6.10 Å². The summed E-state index contributed by atoms with van der Waals surface area (Å²) in [6.07, 6.45) is 2.31. The zero-order valence-electron chi connectivity index (χ0n) is 10.9. The molecule has 102 valence electrons. The molecule has 0 saturated carbocycles. The van der Waals surface area contributed by atoms with Gasteiger partial charge in [-0.05, 0) is 56.0 Å². The van der Waals surface area contributed by atoms with Gasteiger partial charge in [-0.1, -0.05) is 5.16 Å². The summed E-state index contributed by atoms with van der Waals surface area (Å²) >= 11 is 0. The molecule has 0 bridgehead atoms. The molecule has 0 radical (unpaired) electrons. The Hall–Kier alpha value is -2.04. The minimum Gasteiger partial charge on any atom is -0.481 e. The molecule has 1 aliphatic rings. The van der Waals surface area contributed by atoms with Gasteiger partial charge in [0.15, 0.2) is 6.10 Å². The van der Waals surface area contributed by atoms with E-state index in [1.165, 1.54) is 0 Å². The third-order valence-corrected chi connectivity index (χ3v) is 3.19. The van der Waals surface area contributed by atoms with Crippen LogP contribution in [-0.2, 0) is 4.79 Å². The molecule has 2 N–H and O–H groups in total. The predicted octanol–water partition coefficient (Wildman–Crippen LogP) is 1.93. The van der Waals surface area contributed by atoms with Crippen molar-refractivity contribution in [1.29, 1.82) is 0 Å². The van der Waals surface area contributed by atoms with Crippen LogP contribution in [0, 0.1) is 0 Å². The van der Waals surface area contributed by atoms with E-state index >= 15 is 0 Å². The average Bonchev–Trinajstić information content (AvgIpc) is 2.64. The van der Waals surface area contributed by atoms with Gasteiger partial charge in [-0.25, -0.2) is 0 Å². The highest BCUT2D eigenvalue weighted by Gasteiger charge is 2.22. The molecule has 1 aromatic carbocycles. The maximum absolute atomic E-state index is 11.8. The second-order valence-electron chi connectivity index (χ2n) is 4.60. The van der Waals surface area contributed by atoms with Crippen LogP contribution in [-0.4, -0.2) is 29.5 Å². The summed E-state index contributed by atoms with van der Waals surface area (Å²) in [6, 6.07) is 7.17. The third kappa shape index (κ3) is 3.47. The van der Waals surface area contributed by atoms with Crippen molar-refractivity contribution >= 4 is 11.6 Å². The predicted molar refractivity (Wildman–Crippen MR) is 71.7 cm³/mol. The van der Waals surface area contributed by atoms with Crippen LogP contribution in [0.2, 0.25) is 0 Å². The zero-order valence-corrected chi connectivity index (χ0v) is 10.9. The summed E-state index contributed by atoms with van der Waals surface area (Å²) < 4.78 is 5.70. The Morgan fingerprint density at radius 2 is 2.11 bits per heavy atom. The molecule has 1 fully saturated rings. The fourth-order valence-electron chi connectivity index (χ4n) is 2.02. The van der Waals surface area contributed by atoms with Crippen molar-refractivity contribution in [3.63, 3.8) is 0 Å². The SMILES string of the molecule is C/C(=N\O)c1ccc(OC2CCCCNC2=O)cc1. The van der Waals surface area contributed by atoms with Crippen molar-refractivity contribution in [2.24, 2.45) is 5.16 Å². The maximum Gasteiger partial charge on any atom is 0.261 e. The van der Waals surface area contributed by atoms with Crippen molar-refractivity contribution in [2.45, 2.75) is 32.3 Å². The molecule has 1 amide bonds. The van der Waals surface area contributed by atoms with Gasteiger partial charge in [0.2, 0.25) is 0 Å². The Morgan fingerprint density at radius 1 is 1.37 bits per heavy atom. The number of carbonyl (C=O) groups excluding carboxylic acids is 1. The van der Waals surface area contributed by atoms with Crippen LogP contribution in [0.1, 0.15) is 31.7 Å². The topological polar surface area (TPSA) is 70.9 Å². The van der Waals surface area contributed by atoms with Gasteiger partial charge in [0.25, 0.3) is 5.91 Å². The summed E-state index contributed by atoms with van der Waals surface area (Å²) in [5, 5.41) is 14.7. The number of hydrogen-bond donors (Lipinski definition) is 2. The molecule has 0 aromatic heterocycles. The molecule has 1 atom stereocenters. The van der Waals surface area contributed by atoms with Crippen molar-refractivity contribution in [1.82, 2.24) is 5.32 Å². The quantitative estimate of drug-likeness (QED) is 0.497. The Balaban J connectivity index is 2.04. The van der Waals surface area contributed by atoms with Gasteiger partial charge in [-0.3, -0.25) is 4.79 Å². The van der Waals surface area contributed by atoms with Gasteiger partial charge >= 0.3 is 0 Å². The maximum atomic E-state index is 11.8. The number of nitrogens with one attached hydrogen (secondary N) is 1. The van der Waals surface area contributed by atoms with E-state index in [0.29, 0.717) is 11.5 Å². The minimum atomic E-state index is -0.416. The van der Waals surface area contributed by atoms with E-state index in [1.54, 1.807) is 31.2 Å². The number of oxime groups is 1. The molecule has 1 aliphatic heterocycles. The van der Waals surface area contributed by atoms with Crippen molar-refractivity contribution in [3.05, 3.63) is 29.8 Å². The molecule has 5 heteroatoms. The molecule has 0 spiro atoms. The second-order valence-corrected chi connectivity index (χ2v) is 4.60. The molecule has 5 nitrogen and oxygen atoms in total. The fourth-order valence-corrected chi connectivity index (χ4v) is 2.02. The third-order valence-electron chi connectivity index (χ3n) is 3.19. The Morgan fingerprint density at radius 3 is 2.79 bits per heavy atom. The molecule has 1 saturated heterocycles. The van der Waals surface area contributed by atoms with Gasteiger partial charge in [-0.2, -0.15) is 0 Å². The first kappa shape index (κ1) is 13.4. The van der Waals surface area contributed by atoms with E-state index in [0.717, 1.165) is 31.4 Å². The van der Waals surface area contributed by atoms with Gasteiger partial charge in [0, 0.05) is 6.54 Å². The number of nitrogens with zero attached hydrogens (tertiary/aromatic N) is 1. The van der Waals surface area contributed by atoms with Crippen LogP contribution in [0.5, 0.6) is 5.75 Å². The molecule has 1 heterocycles. The van der Waals surface area contributed by atoms with Crippen LogP contribution in [0.4, 0.5) is 0 Å². The highest BCUT2D eigenvalue weighted by atomic mass is 16.5. The smallest absolute Gasteiger partial charge is 0.261 e. The molecule has 19 heavy (non-hydrogen) atoms. The summed E-state index contributed by atoms with van der Waals surface area (Å²) in [4.78, 5) is 11.8. The van der Waals surface area contributed by atoms with Crippen molar-refractivity contribution in [2.75, 3.05) is 6.54 Å². The highest BCUT2D eigenvalue weighted by molar-refractivity contribution is 5.98. The lowest BCUT2D eigenvalue weighted by atomic mass is 10.1. The van der Waals surface area contributed by atoms with Gasteiger partial charge in [0.1, 0.15) is 5.75 Å². The van der Waals surface area contributed by atoms with Gasteiger partial charge < -0.3 is 15.3 Å². The summed E-state index contributed by atoms with van der Waals surface area (Å²) in [7, 11) is 0. The monoisotopic (exact) mass is 262 g/mol. The molecule has 1 unspecified atom stereocenters. The van der Waals surface area contributed by atoms with Crippen LogP contribution in [0.15, 0.2) is 29.4 Å². The van der Waals surface area contributed by atoms with Crippen LogP contribution in [0.25, 0.3) is 0 Å². The number of rotatable bonds is 3. The van der Waals surface area contributed by atoms with Crippen LogP contribution >= 0.6 is 0 Å². The Bertz CT molecular complexity index is 468. The highest BCUT2D eigenvalue weighted by Crippen LogP contribution is 2.17. The number of hydrogen-bond acceptors (Lipinski definition) is 4. The first-order valence-electron chi connectivity index (χ1n) is 6.44. The molecular formula is C14H18N2O3. The fraction of sp³-hybridized carbons (Fsp3) is 0.429. The lowest BCUT2D eigenvalue weighted by Crippen LogP contribution is -2.36. The lowest BCUT2D eigenvalue weighted by molar-refractivity contribution is -0.127. The number of carbonyl (C=O) groups is 1. The van der Waals surface area contributed by atoms with Gasteiger partial charge in [-0.15, -0.1) is 0 Å². The Labute approximate surface area is 112 Å². The van der Waals surface area contributed by atoms with Crippen molar-refractivity contribution < 1.29 is 14.7 Å². The van der Waals surface area contributed by atoms with E-state index in [4.69, 9.17) is 9.94 Å². The van der Waals surface area contributed by atoms with E-state index in [1.807, 2.05) is 0 Å². The normalized spacial score (nSPS) is 20.6. The van der Waals surface area contributed by atoms with Gasteiger partial charge in [0.05, 0.1) is 5.71 Å². The second kappa shape index (κ2) is 6.22. The first-order valence-corrected chi connectivity index (χ1v) is 6.44. The molecular weight excluding hydrogens is 244 g/mol. The zero-order chi connectivity index (χ0) is 13.7. The summed E-state index contributed by atoms with van der Waals surface area (Å²) in [5.74, 6) is 0.603. The standard InChI is InChI=1S/C14H18N2O3/c1-10(16-18)11-5-7-12(8-6-11)19-13-4-2-3-9-15-14(13)17/h5-8,13,18H,2-4,9H2,1H3,(H,15,17)/b16-10+. The van der Waals surface area contributed by atoms with Crippen molar-refractivity contribution in [3.8, 4) is 5.75 Å². The van der Waals surface area contributed by atoms with E-state index in [9.17, 15) is 4.79 Å². The van der Waals surface area contributed by atoms with Crippen LogP contribution in [0.3, 0.4) is 0 Å².